The van der Waals surface area contributed by atoms with Crippen LogP contribution in [0.3, 0.4) is 0 Å². The van der Waals surface area contributed by atoms with E-state index in [1.807, 2.05) is 19.2 Å². The number of ether oxygens (including phenoxy) is 1. The molecule has 1 aromatic carbocycles. The first kappa shape index (κ1) is 7.42. The highest BCUT2D eigenvalue weighted by atomic mass is 16.5. The van der Waals surface area contributed by atoms with Crippen LogP contribution in [0.25, 0.3) is 0 Å². The van der Waals surface area contributed by atoms with Gasteiger partial charge in [-0.2, -0.15) is 0 Å². The molecule has 0 aliphatic heterocycles. The van der Waals surface area contributed by atoms with E-state index in [-0.39, 0.29) is 0 Å². The fourth-order valence-corrected chi connectivity index (χ4v) is 0.742. The fraction of sp³-hybridized carbons (Fsp3) is 0.125. The molecule has 0 atom stereocenters. The fourth-order valence-electron chi connectivity index (χ4n) is 0.742. The van der Waals surface area contributed by atoms with Crippen LogP contribution in [0.4, 0.5) is 5.69 Å². The van der Waals surface area contributed by atoms with E-state index >= 15 is 0 Å². The second kappa shape index (κ2) is 3.47. The average molecular weight is 148 g/mol. The van der Waals surface area contributed by atoms with Gasteiger partial charge >= 0.3 is 0 Å². The molecule has 1 aromatic rings. The summed E-state index contributed by atoms with van der Waals surface area (Å²) in [5.74, 6) is 0.562. The van der Waals surface area contributed by atoms with Gasteiger partial charge in [0.2, 0.25) is 0 Å². The quantitative estimate of drug-likeness (QED) is 0.648. The summed E-state index contributed by atoms with van der Waals surface area (Å²) in [5, 5.41) is 11.1. The Morgan fingerprint density at radius 2 is 2.00 bits per heavy atom. The topological polar surface area (TPSA) is 45.0 Å². The van der Waals surface area contributed by atoms with Crippen molar-refractivity contribution in [2.45, 2.75) is 0 Å². The summed E-state index contributed by atoms with van der Waals surface area (Å²) in [6, 6.07) is 7.14. The molecule has 0 saturated carbocycles. The Bertz CT molecular complexity index is 260. The van der Waals surface area contributed by atoms with Crippen LogP contribution in [-0.4, -0.2) is 7.05 Å². The smallest absolute Gasteiger partial charge is 0.292 e. The van der Waals surface area contributed by atoms with Crippen molar-refractivity contribution in [3.8, 4) is 12.0 Å². The lowest BCUT2D eigenvalue weighted by Gasteiger charge is -1.99. The van der Waals surface area contributed by atoms with Crippen molar-refractivity contribution in [1.29, 1.82) is 5.26 Å². The Labute approximate surface area is 65.2 Å². The minimum absolute atomic E-state index is 0.562. The highest BCUT2D eigenvalue weighted by molar-refractivity contribution is 5.45. The van der Waals surface area contributed by atoms with Crippen LogP contribution in [0, 0.1) is 11.5 Å². The third kappa shape index (κ3) is 1.87. The minimum Gasteiger partial charge on any atom is -0.388 e. The van der Waals surface area contributed by atoms with Gasteiger partial charge < -0.3 is 10.1 Å². The van der Waals surface area contributed by atoms with E-state index in [4.69, 9.17) is 5.26 Å². The average Bonchev–Trinajstić information content (AvgIpc) is 2.07. The molecule has 0 fully saturated rings. The maximum Gasteiger partial charge on any atom is 0.292 e. The third-order valence-electron chi connectivity index (χ3n) is 1.31. The normalized spacial score (nSPS) is 8.36. The maximum atomic E-state index is 8.16. The Morgan fingerprint density at radius 1 is 1.36 bits per heavy atom. The second-order valence-electron chi connectivity index (χ2n) is 1.97. The molecule has 0 unspecified atom stereocenters. The number of nitrogens with zero attached hydrogens (tertiary/aromatic N) is 1. The molecule has 3 nitrogen and oxygen atoms in total. The van der Waals surface area contributed by atoms with Crippen molar-refractivity contribution in [1.82, 2.24) is 0 Å². The standard InChI is InChI=1S/C8H8N2O/c1-10-7-2-4-8(5-3-7)11-6-9/h2-5,10H,1H3. The molecule has 0 aliphatic carbocycles. The van der Waals surface area contributed by atoms with E-state index in [9.17, 15) is 0 Å². The molecule has 0 heterocycles. The number of rotatable bonds is 2. The molecule has 1 rings (SSSR count). The van der Waals surface area contributed by atoms with Crippen molar-refractivity contribution in [3.63, 3.8) is 0 Å². The van der Waals surface area contributed by atoms with E-state index in [1.165, 1.54) is 0 Å². The molecule has 0 saturated heterocycles. The van der Waals surface area contributed by atoms with Crippen molar-refractivity contribution < 1.29 is 4.74 Å². The molecule has 3 heteroatoms. The van der Waals surface area contributed by atoms with Gasteiger partial charge in [-0.25, -0.2) is 0 Å². The first-order valence-electron chi connectivity index (χ1n) is 3.20. The second-order valence-corrected chi connectivity index (χ2v) is 1.97. The third-order valence-corrected chi connectivity index (χ3v) is 1.31. The van der Waals surface area contributed by atoms with Gasteiger partial charge in [0.15, 0.2) is 0 Å². The molecule has 0 spiro atoms. The zero-order valence-corrected chi connectivity index (χ0v) is 6.16. The Hall–Kier alpha value is -1.69. The summed E-state index contributed by atoms with van der Waals surface area (Å²) in [4.78, 5) is 0. The van der Waals surface area contributed by atoms with Crippen LogP contribution in [0.1, 0.15) is 0 Å². The maximum absolute atomic E-state index is 8.16. The first-order valence-corrected chi connectivity index (χ1v) is 3.20. The Kier molecular flexibility index (Phi) is 2.34. The SMILES string of the molecule is CNc1ccc(OC#N)cc1. The summed E-state index contributed by atoms with van der Waals surface area (Å²) in [5.41, 5.74) is 0.996. The van der Waals surface area contributed by atoms with Gasteiger partial charge in [-0.1, -0.05) is 0 Å². The van der Waals surface area contributed by atoms with Crippen molar-refractivity contribution in [3.05, 3.63) is 24.3 Å². The van der Waals surface area contributed by atoms with E-state index in [1.54, 1.807) is 18.4 Å². The molecule has 0 aromatic heterocycles. The lowest BCUT2D eigenvalue weighted by molar-refractivity contribution is 0.507. The van der Waals surface area contributed by atoms with Gasteiger partial charge in [0, 0.05) is 12.7 Å². The van der Waals surface area contributed by atoms with Crippen LogP contribution in [-0.2, 0) is 0 Å². The summed E-state index contributed by atoms with van der Waals surface area (Å²) in [7, 11) is 1.83. The molecular weight excluding hydrogens is 140 g/mol. The lowest BCUT2D eigenvalue weighted by atomic mass is 10.3. The van der Waals surface area contributed by atoms with Crippen LogP contribution in [0.2, 0.25) is 0 Å². The van der Waals surface area contributed by atoms with Crippen LogP contribution in [0.5, 0.6) is 5.75 Å². The number of nitrogens with one attached hydrogen (secondary N) is 1. The van der Waals surface area contributed by atoms with Gasteiger partial charge in [0.1, 0.15) is 5.75 Å². The Morgan fingerprint density at radius 3 is 2.45 bits per heavy atom. The molecule has 1 N–H and O–H groups in total. The molecule has 0 aliphatic rings. The number of nitriles is 1. The predicted octanol–water partition coefficient (Wildman–Crippen LogP) is 1.59. The van der Waals surface area contributed by atoms with Gasteiger partial charge in [0.05, 0.1) is 0 Å². The molecular formula is C8H8N2O. The summed E-state index contributed by atoms with van der Waals surface area (Å²) >= 11 is 0. The number of hydrogen-bond donors (Lipinski definition) is 1. The molecule has 0 amide bonds. The van der Waals surface area contributed by atoms with Crippen molar-refractivity contribution >= 4 is 5.69 Å². The summed E-state index contributed by atoms with van der Waals surface area (Å²) in [6.07, 6.45) is 1.60. The zero-order valence-electron chi connectivity index (χ0n) is 6.16. The van der Waals surface area contributed by atoms with Crippen molar-refractivity contribution in [2.75, 3.05) is 12.4 Å². The van der Waals surface area contributed by atoms with Crippen molar-refractivity contribution in [2.24, 2.45) is 0 Å². The van der Waals surface area contributed by atoms with Crippen LogP contribution >= 0.6 is 0 Å². The zero-order chi connectivity index (χ0) is 8.10. The van der Waals surface area contributed by atoms with E-state index in [0.29, 0.717) is 5.75 Å². The Balaban J connectivity index is 2.76. The summed E-state index contributed by atoms with van der Waals surface area (Å²) < 4.78 is 4.58. The van der Waals surface area contributed by atoms with Gasteiger partial charge in [-0.05, 0) is 24.3 Å². The molecule has 56 valence electrons. The monoisotopic (exact) mass is 148 g/mol. The number of hydrogen-bond acceptors (Lipinski definition) is 3. The highest BCUT2D eigenvalue weighted by Crippen LogP contribution is 2.14. The van der Waals surface area contributed by atoms with E-state index < -0.39 is 0 Å². The van der Waals surface area contributed by atoms with E-state index in [2.05, 4.69) is 10.1 Å². The summed E-state index contributed by atoms with van der Waals surface area (Å²) in [6.45, 7) is 0. The first-order chi connectivity index (χ1) is 5.36. The van der Waals surface area contributed by atoms with Gasteiger partial charge in [-0.3, -0.25) is 0 Å². The lowest BCUT2D eigenvalue weighted by Crippen LogP contribution is -1.87. The van der Waals surface area contributed by atoms with Gasteiger partial charge in [-0.15, -0.1) is 5.26 Å². The molecule has 0 bridgehead atoms. The molecule has 11 heavy (non-hydrogen) atoms. The van der Waals surface area contributed by atoms with Gasteiger partial charge in [0.25, 0.3) is 6.26 Å². The predicted molar refractivity (Wildman–Crippen MR) is 42.2 cm³/mol. The number of anilines is 1. The van der Waals surface area contributed by atoms with Crippen LogP contribution < -0.4 is 10.1 Å². The van der Waals surface area contributed by atoms with Crippen LogP contribution in [0.15, 0.2) is 24.3 Å². The number of benzene rings is 1. The molecule has 0 radical (unpaired) electrons. The van der Waals surface area contributed by atoms with E-state index in [0.717, 1.165) is 5.69 Å². The largest absolute Gasteiger partial charge is 0.388 e. The highest BCUT2D eigenvalue weighted by Gasteiger charge is 1.91. The minimum atomic E-state index is 0.562.